The van der Waals surface area contributed by atoms with Gasteiger partial charge in [-0.25, -0.2) is 8.42 Å². The fraction of sp³-hybridized carbons (Fsp3) is 0.500. The molecule has 0 aliphatic carbocycles. The molecule has 0 bridgehead atoms. The maximum absolute atomic E-state index is 12.1. The average molecular weight is 291 g/mol. The van der Waals surface area contributed by atoms with Gasteiger partial charge in [-0.2, -0.15) is 4.31 Å². The summed E-state index contributed by atoms with van der Waals surface area (Å²) < 4.78 is 25.7. The van der Waals surface area contributed by atoms with Crippen LogP contribution in [0.1, 0.15) is 11.3 Å². The van der Waals surface area contributed by atoms with E-state index in [1.54, 1.807) is 12.1 Å². The van der Waals surface area contributed by atoms with Gasteiger partial charge in [0.15, 0.2) is 0 Å². The van der Waals surface area contributed by atoms with Gasteiger partial charge in [-0.3, -0.25) is 4.79 Å². The third kappa shape index (κ3) is 3.52. The zero-order chi connectivity index (χ0) is 13.8. The number of nitrogens with zero attached hydrogens (tertiary/aromatic N) is 1. The van der Waals surface area contributed by atoms with Gasteiger partial charge in [0.05, 0.1) is 0 Å². The summed E-state index contributed by atoms with van der Waals surface area (Å²) >= 11 is 1.15. The lowest BCUT2D eigenvalue weighted by Crippen LogP contribution is -2.31. The molecule has 8 heteroatoms. The second-order valence-electron chi connectivity index (χ2n) is 3.67. The first-order valence-corrected chi connectivity index (χ1v) is 7.63. The number of amides is 1. The Morgan fingerprint density at radius 3 is 2.67 bits per heavy atom. The summed E-state index contributed by atoms with van der Waals surface area (Å²) in [5.74, 6) is -0.189. The Hall–Kier alpha value is -0.960. The zero-order valence-corrected chi connectivity index (χ0v) is 12.0. The highest BCUT2D eigenvalue weighted by molar-refractivity contribution is 7.91. The topological polar surface area (TPSA) is 92.5 Å². The minimum absolute atomic E-state index is 0.140. The number of carbonyl (C=O) groups excluding carboxylic acids is 1. The Morgan fingerprint density at radius 2 is 2.17 bits per heavy atom. The molecule has 1 aromatic heterocycles. The first-order valence-electron chi connectivity index (χ1n) is 5.37. The van der Waals surface area contributed by atoms with Crippen LogP contribution >= 0.6 is 11.3 Å². The Balaban J connectivity index is 2.76. The van der Waals surface area contributed by atoms with Crippen LogP contribution in [0.25, 0.3) is 0 Å². The van der Waals surface area contributed by atoms with Crippen LogP contribution in [0.3, 0.4) is 0 Å². The molecule has 0 fully saturated rings. The van der Waals surface area contributed by atoms with Gasteiger partial charge < -0.3 is 11.1 Å². The lowest BCUT2D eigenvalue weighted by molar-refractivity contribution is -0.120. The molecule has 0 saturated heterocycles. The van der Waals surface area contributed by atoms with E-state index in [9.17, 15) is 13.2 Å². The molecule has 0 unspecified atom stereocenters. The fourth-order valence-electron chi connectivity index (χ4n) is 1.26. The smallest absolute Gasteiger partial charge is 0.252 e. The summed E-state index contributed by atoms with van der Waals surface area (Å²) in [4.78, 5) is 11.9. The van der Waals surface area contributed by atoms with E-state index in [-0.39, 0.29) is 23.1 Å². The highest BCUT2D eigenvalue weighted by Crippen LogP contribution is 2.23. The number of nitrogens with one attached hydrogen (secondary N) is 1. The van der Waals surface area contributed by atoms with Gasteiger partial charge in [0.25, 0.3) is 10.0 Å². The highest BCUT2D eigenvalue weighted by atomic mass is 32.2. The quantitative estimate of drug-likeness (QED) is 0.769. The number of hydrogen-bond acceptors (Lipinski definition) is 5. The predicted molar refractivity (Wildman–Crippen MR) is 70.7 cm³/mol. The first-order chi connectivity index (χ1) is 8.41. The molecule has 18 heavy (non-hydrogen) atoms. The highest BCUT2D eigenvalue weighted by Gasteiger charge is 2.22. The van der Waals surface area contributed by atoms with Crippen LogP contribution in [0.4, 0.5) is 0 Å². The molecular formula is C10H17N3O3S2. The molecule has 0 aliphatic heterocycles. The van der Waals surface area contributed by atoms with Crippen molar-refractivity contribution < 1.29 is 13.2 Å². The molecule has 1 heterocycles. The van der Waals surface area contributed by atoms with Crippen molar-refractivity contribution in [2.24, 2.45) is 5.73 Å². The van der Waals surface area contributed by atoms with Crippen LogP contribution < -0.4 is 11.1 Å². The molecule has 6 nitrogen and oxygen atoms in total. The van der Waals surface area contributed by atoms with Crippen molar-refractivity contribution >= 4 is 27.3 Å². The maximum atomic E-state index is 12.1. The van der Waals surface area contributed by atoms with Crippen molar-refractivity contribution in [2.75, 3.05) is 20.6 Å². The molecule has 1 aromatic rings. The molecule has 1 rings (SSSR count). The minimum atomic E-state index is -3.52. The number of carbonyl (C=O) groups is 1. The maximum Gasteiger partial charge on any atom is 0.252 e. The summed E-state index contributed by atoms with van der Waals surface area (Å²) in [7, 11) is -0.540. The number of nitrogens with two attached hydrogens (primary N) is 1. The largest absolute Gasteiger partial charge is 0.359 e. The van der Waals surface area contributed by atoms with Crippen molar-refractivity contribution in [1.29, 1.82) is 0 Å². The molecule has 0 aliphatic rings. The fourth-order valence-corrected chi connectivity index (χ4v) is 3.88. The van der Waals surface area contributed by atoms with Gasteiger partial charge in [0.1, 0.15) is 4.21 Å². The third-order valence-corrected chi connectivity index (χ3v) is 5.87. The molecule has 0 saturated carbocycles. The van der Waals surface area contributed by atoms with Crippen molar-refractivity contribution in [1.82, 2.24) is 9.62 Å². The van der Waals surface area contributed by atoms with Crippen molar-refractivity contribution in [3.8, 4) is 0 Å². The number of sulfonamides is 1. The van der Waals surface area contributed by atoms with E-state index in [1.807, 2.05) is 0 Å². The summed E-state index contributed by atoms with van der Waals surface area (Å²) in [6.07, 6.45) is 0.140. The SMILES string of the molecule is CNC(=O)CCN(C)S(=O)(=O)c1ccc(CN)s1. The molecular weight excluding hydrogens is 274 g/mol. The molecule has 0 radical (unpaired) electrons. The normalized spacial score (nSPS) is 11.8. The molecule has 0 spiro atoms. The summed E-state index contributed by atoms with van der Waals surface area (Å²) in [5, 5.41) is 2.45. The van der Waals surface area contributed by atoms with E-state index >= 15 is 0 Å². The van der Waals surface area contributed by atoms with Crippen molar-refractivity contribution in [3.05, 3.63) is 17.0 Å². The van der Waals surface area contributed by atoms with E-state index in [0.29, 0.717) is 6.54 Å². The average Bonchev–Trinajstić information content (AvgIpc) is 2.84. The van der Waals surface area contributed by atoms with Crippen molar-refractivity contribution in [3.63, 3.8) is 0 Å². The first kappa shape index (κ1) is 15.1. The van der Waals surface area contributed by atoms with E-state index in [1.165, 1.54) is 18.4 Å². The van der Waals surface area contributed by atoms with Crippen LogP contribution in [-0.2, 0) is 21.4 Å². The summed E-state index contributed by atoms with van der Waals surface area (Å²) in [6, 6.07) is 3.24. The lowest BCUT2D eigenvalue weighted by atomic mass is 10.4. The van der Waals surface area contributed by atoms with Gasteiger partial charge in [0.2, 0.25) is 5.91 Å². The number of rotatable bonds is 6. The second kappa shape index (κ2) is 6.28. The standard InChI is InChI=1S/C10H17N3O3S2/c1-12-9(14)5-6-13(2)18(15,16)10-4-3-8(7-11)17-10/h3-4H,5-7,11H2,1-2H3,(H,12,14). The van der Waals surface area contributed by atoms with Crippen LogP contribution in [0.5, 0.6) is 0 Å². The Labute approximate surface area is 111 Å². The van der Waals surface area contributed by atoms with Gasteiger partial charge >= 0.3 is 0 Å². The minimum Gasteiger partial charge on any atom is -0.359 e. The van der Waals surface area contributed by atoms with Crippen LogP contribution in [0.15, 0.2) is 16.3 Å². The molecule has 1 amide bonds. The lowest BCUT2D eigenvalue weighted by Gasteiger charge is -2.15. The number of hydrogen-bond donors (Lipinski definition) is 2. The van der Waals surface area contributed by atoms with Gasteiger partial charge in [-0.05, 0) is 12.1 Å². The molecule has 102 valence electrons. The predicted octanol–water partition coefficient (Wildman–Crippen LogP) is -0.0366. The summed E-state index contributed by atoms with van der Waals surface area (Å²) in [6.45, 7) is 0.472. The molecule has 3 N–H and O–H groups in total. The van der Waals surface area contributed by atoms with Gasteiger partial charge in [0, 0.05) is 38.5 Å². The van der Waals surface area contributed by atoms with E-state index in [0.717, 1.165) is 16.2 Å². The van der Waals surface area contributed by atoms with Gasteiger partial charge in [-0.15, -0.1) is 11.3 Å². The Kier molecular flexibility index (Phi) is 5.27. The molecule has 0 atom stereocenters. The zero-order valence-electron chi connectivity index (χ0n) is 10.3. The van der Waals surface area contributed by atoms with Crippen LogP contribution in [-0.4, -0.2) is 39.3 Å². The Bertz CT molecular complexity index is 510. The van der Waals surface area contributed by atoms with E-state index in [2.05, 4.69) is 5.32 Å². The molecule has 0 aromatic carbocycles. The van der Waals surface area contributed by atoms with E-state index in [4.69, 9.17) is 5.73 Å². The third-order valence-electron chi connectivity index (χ3n) is 2.44. The van der Waals surface area contributed by atoms with Crippen molar-refractivity contribution in [2.45, 2.75) is 17.2 Å². The summed E-state index contributed by atoms with van der Waals surface area (Å²) in [5.41, 5.74) is 5.45. The van der Waals surface area contributed by atoms with Gasteiger partial charge in [-0.1, -0.05) is 0 Å². The van der Waals surface area contributed by atoms with Crippen LogP contribution in [0.2, 0.25) is 0 Å². The second-order valence-corrected chi connectivity index (χ2v) is 7.11. The van der Waals surface area contributed by atoms with Crippen LogP contribution in [0, 0.1) is 0 Å². The Morgan fingerprint density at radius 1 is 1.50 bits per heavy atom. The monoisotopic (exact) mass is 291 g/mol. The number of thiophene rings is 1. The van der Waals surface area contributed by atoms with E-state index < -0.39 is 10.0 Å².